The highest BCUT2D eigenvalue weighted by Crippen LogP contribution is 2.22. The molecule has 0 aliphatic heterocycles. The largest absolute Gasteiger partial charge is 0.452 e. The van der Waals surface area contributed by atoms with Crippen LogP contribution in [0.4, 0.5) is 5.00 Å². The number of nitriles is 1. The highest BCUT2D eigenvalue weighted by molar-refractivity contribution is 7.14. The average Bonchev–Trinajstić information content (AvgIpc) is 2.96. The lowest BCUT2D eigenvalue weighted by atomic mass is 10.1. The predicted molar refractivity (Wildman–Crippen MR) is 88.1 cm³/mol. The predicted octanol–water partition coefficient (Wildman–Crippen LogP) is 3.04. The molecule has 1 atom stereocenters. The molecule has 6 heteroatoms. The van der Waals surface area contributed by atoms with E-state index in [1.54, 1.807) is 11.4 Å². The molecule has 1 aromatic heterocycles. The fraction of sp³-hybridized carbons (Fsp3) is 0.235. The van der Waals surface area contributed by atoms with E-state index in [0.29, 0.717) is 10.6 Å². The highest BCUT2D eigenvalue weighted by Gasteiger charge is 2.20. The summed E-state index contributed by atoms with van der Waals surface area (Å²) in [7, 11) is 0. The van der Waals surface area contributed by atoms with Crippen LogP contribution in [0.15, 0.2) is 35.7 Å². The zero-order chi connectivity index (χ0) is 16.8. The Labute approximate surface area is 138 Å². The molecule has 0 aliphatic rings. The van der Waals surface area contributed by atoms with E-state index in [2.05, 4.69) is 5.32 Å². The molecule has 0 spiro atoms. The van der Waals surface area contributed by atoms with Crippen LogP contribution >= 0.6 is 11.3 Å². The van der Waals surface area contributed by atoms with Gasteiger partial charge in [-0.05, 0) is 36.4 Å². The average molecular weight is 328 g/mol. The molecule has 0 saturated carbocycles. The first-order chi connectivity index (χ1) is 11.0. The summed E-state index contributed by atoms with van der Waals surface area (Å²) in [5, 5.41) is 13.7. The standard InChI is InChI=1S/C17H16N2O3S/c1-11-5-3-4-6-13(11)9-15(20)22-12(2)16(21)19-17-14(10-18)7-8-23-17/h3-8,12H,9H2,1-2H3,(H,19,21)/t12-/m1/s1. The Morgan fingerprint density at radius 1 is 1.35 bits per heavy atom. The first kappa shape index (κ1) is 16.7. The molecule has 0 unspecified atom stereocenters. The van der Waals surface area contributed by atoms with E-state index in [-0.39, 0.29) is 6.42 Å². The van der Waals surface area contributed by atoms with Gasteiger partial charge in [0.05, 0.1) is 12.0 Å². The van der Waals surface area contributed by atoms with Crippen LogP contribution < -0.4 is 5.32 Å². The third-order valence-corrected chi connectivity index (χ3v) is 4.13. The molecule has 0 fully saturated rings. The molecule has 1 aromatic carbocycles. The molecule has 0 aliphatic carbocycles. The first-order valence-electron chi connectivity index (χ1n) is 7.03. The number of esters is 1. The Balaban J connectivity index is 1.92. The minimum Gasteiger partial charge on any atom is -0.452 e. The van der Waals surface area contributed by atoms with Gasteiger partial charge in [0, 0.05) is 0 Å². The lowest BCUT2D eigenvalue weighted by molar-refractivity contribution is -0.152. The number of amides is 1. The van der Waals surface area contributed by atoms with Crippen LogP contribution in [0.2, 0.25) is 0 Å². The number of thiophene rings is 1. The van der Waals surface area contributed by atoms with Crippen LogP contribution in [-0.4, -0.2) is 18.0 Å². The molecule has 23 heavy (non-hydrogen) atoms. The molecule has 0 bridgehead atoms. The molecule has 2 rings (SSSR count). The SMILES string of the molecule is Cc1ccccc1CC(=O)O[C@H](C)C(=O)Nc1sccc1C#N. The van der Waals surface area contributed by atoms with Gasteiger partial charge < -0.3 is 10.1 Å². The van der Waals surface area contributed by atoms with Crippen molar-refractivity contribution < 1.29 is 14.3 Å². The molecule has 0 radical (unpaired) electrons. The maximum Gasteiger partial charge on any atom is 0.311 e. The van der Waals surface area contributed by atoms with Gasteiger partial charge in [-0.3, -0.25) is 9.59 Å². The van der Waals surface area contributed by atoms with Crippen molar-refractivity contribution in [3.8, 4) is 6.07 Å². The van der Waals surface area contributed by atoms with Gasteiger partial charge in [-0.25, -0.2) is 0 Å². The third-order valence-electron chi connectivity index (χ3n) is 3.30. The van der Waals surface area contributed by atoms with Crippen molar-refractivity contribution >= 4 is 28.2 Å². The number of aryl methyl sites for hydroxylation is 1. The smallest absolute Gasteiger partial charge is 0.311 e. The Bertz CT molecular complexity index is 761. The monoisotopic (exact) mass is 328 g/mol. The van der Waals surface area contributed by atoms with E-state index >= 15 is 0 Å². The van der Waals surface area contributed by atoms with E-state index in [1.165, 1.54) is 18.3 Å². The van der Waals surface area contributed by atoms with Crippen LogP contribution in [-0.2, 0) is 20.7 Å². The topological polar surface area (TPSA) is 79.2 Å². The first-order valence-corrected chi connectivity index (χ1v) is 7.91. The van der Waals surface area contributed by atoms with Crippen molar-refractivity contribution in [2.24, 2.45) is 0 Å². The van der Waals surface area contributed by atoms with Gasteiger partial charge in [0.1, 0.15) is 11.1 Å². The van der Waals surface area contributed by atoms with E-state index < -0.39 is 18.0 Å². The Kier molecular flexibility index (Phi) is 5.50. The van der Waals surface area contributed by atoms with Gasteiger partial charge in [0.25, 0.3) is 5.91 Å². The maximum absolute atomic E-state index is 12.0. The Hall–Kier alpha value is -2.65. The van der Waals surface area contributed by atoms with Crippen LogP contribution in [0, 0.1) is 18.3 Å². The molecular weight excluding hydrogens is 312 g/mol. The lowest BCUT2D eigenvalue weighted by Crippen LogP contribution is -2.30. The summed E-state index contributed by atoms with van der Waals surface area (Å²) in [6.45, 7) is 3.42. The van der Waals surface area contributed by atoms with Crippen molar-refractivity contribution in [1.82, 2.24) is 0 Å². The Morgan fingerprint density at radius 2 is 2.09 bits per heavy atom. The minimum atomic E-state index is -0.930. The number of carbonyl (C=O) groups excluding carboxylic acids is 2. The molecule has 118 valence electrons. The summed E-state index contributed by atoms with van der Waals surface area (Å²) in [6, 6.07) is 11.1. The summed E-state index contributed by atoms with van der Waals surface area (Å²) in [6.07, 6.45) is -0.813. The second-order valence-corrected chi connectivity index (χ2v) is 5.92. The second-order valence-electron chi connectivity index (χ2n) is 5.00. The van der Waals surface area contributed by atoms with Gasteiger partial charge in [-0.2, -0.15) is 5.26 Å². The van der Waals surface area contributed by atoms with Gasteiger partial charge in [-0.1, -0.05) is 24.3 Å². The number of carbonyl (C=O) groups is 2. The summed E-state index contributed by atoms with van der Waals surface area (Å²) < 4.78 is 5.16. The zero-order valence-corrected chi connectivity index (χ0v) is 13.6. The number of rotatable bonds is 5. The normalized spacial score (nSPS) is 11.3. The van der Waals surface area contributed by atoms with E-state index in [4.69, 9.17) is 10.00 Å². The summed E-state index contributed by atoms with van der Waals surface area (Å²) in [5.41, 5.74) is 2.26. The Morgan fingerprint density at radius 3 is 2.78 bits per heavy atom. The van der Waals surface area contributed by atoms with Crippen LogP contribution in [0.1, 0.15) is 23.6 Å². The third kappa shape index (κ3) is 4.41. The molecule has 2 aromatic rings. The van der Waals surface area contributed by atoms with E-state index in [9.17, 15) is 9.59 Å². The molecule has 1 N–H and O–H groups in total. The van der Waals surface area contributed by atoms with Gasteiger partial charge >= 0.3 is 5.97 Å². The second kappa shape index (κ2) is 7.56. The van der Waals surface area contributed by atoms with Crippen molar-refractivity contribution in [2.75, 3.05) is 5.32 Å². The fourth-order valence-corrected chi connectivity index (χ4v) is 2.70. The number of hydrogen-bond donors (Lipinski definition) is 1. The van der Waals surface area contributed by atoms with Crippen molar-refractivity contribution in [3.05, 3.63) is 52.4 Å². The number of hydrogen-bond acceptors (Lipinski definition) is 5. The molecule has 0 saturated heterocycles. The van der Waals surface area contributed by atoms with Gasteiger partial charge in [-0.15, -0.1) is 11.3 Å². The highest BCUT2D eigenvalue weighted by atomic mass is 32.1. The van der Waals surface area contributed by atoms with Crippen molar-refractivity contribution in [1.29, 1.82) is 5.26 Å². The summed E-state index contributed by atoms with van der Waals surface area (Å²) in [4.78, 5) is 24.0. The van der Waals surface area contributed by atoms with Crippen LogP contribution in [0.5, 0.6) is 0 Å². The molecule has 5 nitrogen and oxygen atoms in total. The van der Waals surface area contributed by atoms with Gasteiger partial charge in [0.15, 0.2) is 6.10 Å². The van der Waals surface area contributed by atoms with Gasteiger partial charge in [0.2, 0.25) is 0 Å². The number of anilines is 1. The fourth-order valence-electron chi connectivity index (χ4n) is 1.96. The van der Waals surface area contributed by atoms with Crippen LogP contribution in [0.3, 0.4) is 0 Å². The zero-order valence-electron chi connectivity index (χ0n) is 12.8. The minimum absolute atomic E-state index is 0.118. The summed E-state index contributed by atoms with van der Waals surface area (Å²) >= 11 is 1.25. The maximum atomic E-state index is 12.0. The molecular formula is C17H16N2O3S. The number of nitrogens with one attached hydrogen (secondary N) is 1. The molecule has 1 amide bonds. The van der Waals surface area contributed by atoms with E-state index in [1.807, 2.05) is 37.3 Å². The van der Waals surface area contributed by atoms with Crippen molar-refractivity contribution in [2.45, 2.75) is 26.4 Å². The lowest BCUT2D eigenvalue weighted by Gasteiger charge is -2.13. The van der Waals surface area contributed by atoms with Crippen molar-refractivity contribution in [3.63, 3.8) is 0 Å². The number of nitrogens with zero attached hydrogens (tertiary/aromatic N) is 1. The number of ether oxygens (including phenoxy) is 1. The van der Waals surface area contributed by atoms with Crippen LogP contribution in [0.25, 0.3) is 0 Å². The summed E-state index contributed by atoms with van der Waals surface area (Å²) in [5.74, 6) is -0.921. The number of benzene rings is 1. The molecule has 1 heterocycles. The van der Waals surface area contributed by atoms with E-state index in [0.717, 1.165) is 11.1 Å². The quantitative estimate of drug-likeness (QED) is 0.856.